The predicted octanol–water partition coefficient (Wildman–Crippen LogP) is 2.11. The fourth-order valence-corrected chi connectivity index (χ4v) is 3.00. The van der Waals surface area contributed by atoms with E-state index in [0.29, 0.717) is 17.8 Å². The van der Waals surface area contributed by atoms with Crippen molar-refractivity contribution in [3.8, 4) is 5.69 Å². The third-order valence-electron chi connectivity index (χ3n) is 4.41. The molecule has 2 heterocycles. The van der Waals surface area contributed by atoms with E-state index in [4.69, 9.17) is 0 Å². The molecule has 1 aliphatic heterocycles. The molecule has 1 aliphatic rings. The second kappa shape index (κ2) is 6.07. The average Bonchev–Trinajstić information content (AvgIpc) is 3.11. The average molecular weight is 331 g/mol. The Kier molecular flexibility index (Phi) is 4.09. The Labute approximate surface area is 138 Å². The fourth-order valence-electron chi connectivity index (χ4n) is 3.00. The number of carboxylic acid groups (broad SMARTS) is 1. The van der Waals surface area contributed by atoms with Gasteiger partial charge in [0.1, 0.15) is 5.82 Å². The number of carbonyl (C=O) groups excluding carboxylic acids is 1. The molecule has 0 saturated carbocycles. The molecular weight excluding hydrogens is 313 g/mol. The Bertz CT molecular complexity index is 785. The normalized spacial score (nSPS) is 20.4. The number of hydrogen-bond acceptors (Lipinski definition) is 3. The summed E-state index contributed by atoms with van der Waals surface area (Å²) >= 11 is 0. The van der Waals surface area contributed by atoms with Crippen molar-refractivity contribution >= 4 is 11.9 Å². The molecule has 0 spiro atoms. The van der Waals surface area contributed by atoms with E-state index in [0.717, 1.165) is 0 Å². The van der Waals surface area contributed by atoms with E-state index in [2.05, 4.69) is 5.10 Å². The molecule has 126 valence electrons. The molecular formula is C17H18FN3O3. The number of likely N-dealkylation sites (tertiary alicyclic amines) is 1. The third kappa shape index (κ3) is 2.89. The van der Waals surface area contributed by atoms with Gasteiger partial charge in [-0.25, -0.2) is 9.07 Å². The third-order valence-corrected chi connectivity index (χ3v) is 4.41. The molecule has 3 rings (SSSR count). The number of benzene rings is 1. The Morgan fingerprint density at radius 1 is 1.25 bits per heavy atom. The molecule has 0 bridgehead atoms. The van der Waals surface area contributed by atoms with Crippen LogP contribution in [0, 0.1) is 24.6 Å². The van der Waals surface area contributed by atoms with E-state index >= 15 is 0 Å². The summed E-state index contributed by atoms with van der Waals surface area (Å²) < 4.78 is 14.5. The topological polar surface area (TPSA) is 75.4 Å². The molecule has 2 atom stereocenters. The number of aliphatic carboxylic acids is 1. The van der Waals surface area contributed by atoms with Crippen LogP contribution in [-0.4, -0.2) is 44.8 Å². The minimum atomic E-state index is -0.883. The van der Waals surface area contributed by atoms with Gasteiger partial charge in [-0.1, -0.05) is 6.92 Å². The van der Waals surface area contributed by atoms with Crippen molar-refractivity contribution in [2.45, 2.75) is 13.8 Å². The highest BCUT2D eigenvalue weighted by molar-refractivity contribution is 5.94. The zero-order valence-corrected chi connectivity index (χ0v) is 13.4. The van der Waals surface area contributed by atoms with Crippen molar-refractivity contribution in [2.24, 2.45) is 11.8 Å². The minimum absolute atomic E-state index is 0.0917. The first kappa shape index (κ1) is 16.2. The standard InChI is InChI=1S/C17H18FN3O3/c1-10-7-20(9-14(10)17(23)24)16(22)15-11(2)8-21(19-15)13-5-3-12(18)4-6-13/h3-6,8,10,14H,7,9H2,1-2H3,(H,23,24)/t10-,14-/m1/s1. The second-order valence-electron chi connectivity index (χ2n) is 6.21. The molecule has 7 heteroatoms. The molecule has 0 unspecified atom stereocenters. The number of amides is 1. The van der Waals surface area contributed by atoms with E-state index < -0.39 is 11.9 Å². The van der Waals surface area contributed by atoms with Gasteiger partial charge in [-0.3, -0.25) is 9.59 Å². The van der Waals surface area contributed by atoms with Crippen LogP contribution in [0.3, 0.4) is 0 Å². The van der Waals surface area contributed by atoms with Gasteiger partial charge in [-0.2, -0.15) is 5.10 Å². The van der Waals surface area contributed by atoms with E-state index in [1.807, 2.05) is 6.92 Å². The van der Waals surface area contributed by atoms with Crippen molar-refractivity contribution in [3.63, 3.8) is 0 Å². The van der Waals surface area contributed by atoms with Gasteiger partial charge in [0.05, 0.1) is 11.6 Å². The summed E-state index contributed by atoms with van der Waals surface area (Å²) in [6.45, 7) is 4.20. The number of nitrogens with zero attached hydrogens (tertiary/aromatic N) is 3. The maximum Gasteiger partial charge on any atom is 0.308 e. The van der Waals surface area contributed by atoms with Crippen molar-refractivity contribution < 1.29 is 19.1 Å². The highest BCUT2D eigenvalue weighted by Crippen LogP contribution is 2.25. The van der Waals surface area contributed by atoms with Gasteiger partial charge in [-0.15, -0.1) is 0 Å². The maximum atomic E-state index is 13.0. The lowest BCUT2D eigenvalue weighted by molar-refractivity contribution is -0.142. The van der Waals surface area contributed by atoms with Gasteiger partial charge in [0.15, 0.2) is 5.69 Å². The van der Waals surface area contributed by atoms with Crippen molar-refractivity contribution in [2.75, 3.05) is 13.1 Å². The molecule has 24 heavy (non-hydrogen) atoms. The van der Waals surface area contributed by atoms with Crippen molar-refractivity contribution in [1.29, 1.82) is 0 Å². The number of carboxylic acids is 1. The van der Waals surface area contributed by atoms with Gasteiger partial charge >= 0.3 is 5.97 Å². The smallest absolute Gasteiger partial charge is 0.308 e. The molecule has 1 aromatic carbocycles. The second-order valence-corrected chi connectivity index (χ2v) is 6.21. The number of aromatic nitrogens is 2. The van der Waals surface area contributed by atoms with Gasteiger partial charge in [0.2, 0.25) is 0 Å². The first-order valence-corrected chi connectivity index (χ1v) is 7.71. The van der Waals surface area contributed by atoms with Crippen LogP contribution >= 0.6 is 0 Å². The zero-order valence-electron chi connectivity index (χ0n) is 13.4. The van der Waals surface area contributed by atoms with Crippen LogP contribution in [0.2, 0.25) is 0 Å². The summed E-state index contributed by atoms with van der Waals surface area (Å²) in [6, 6.07) is 5.81. The Hall–Kier alpha value is -2.70. The number of hydrogen-bond donors (Lipinski definition) is 1. The number of halogens is 1. The fraction of sp³-hybridized carbons (Fsp3) is 0.353. The minimum Gasteiger partial charge on any atom is -0.481 e. The van der Waals surface area contributed by atoms with Crippen molar-refractivity contribution in [3.05, 3.63) is 47.5 Å². The molecule has 0 radical (unpaired) electrons. The van der Waals surface area contributed by atoms with Crippen molar-refractivity contribution in [1.82, 2.24) is 14.7 Å². The van der Waals surface area contributed by atoms with E-state index in [9.17, 15) is 19.1 Å². The zero-order chi connectivity index (χ0) is 17.4. The monoisotopic (exact) mass is 331 g/mol. The maximum absolute atomic E-state index is 13.0. The first-order chi connectivity index (χ1) is 11.4. The molecule has 1 fully saturated rings. The summed E-state index contributed by atoms with van der Waals surface area (Å²) in [4.78, 5) is 25.4. The lowest BCUT2D eigenvalue weighted by Crippen LogP contribution is -2.30. The number of aryl methyl sites for hydroxylation is 1. The Morgan fingerprint density at radius 3 is 2.50 bits per heavy atom. The molecule has 6 nitrogen and oxygen atoms in total. The molecule has 1 amide bonds. The molecule has 1 saturated heterocycles. The van der Waals surface area contributed by atoms with Crippen LogP contribution in [0.15, 0.2) is 30.5 Å². The Morgan fingerprint density at radius 2 is 1.92 bits per heavy atom. The van der Waals surface area contributed by atoms with Crippen LogP contribution in [-0.2, 0) is 4.79 Å². The Balaban J connectivity index is 1.84. The predicted molar refractivity (Wildman–Crippen MR) is 84.5 cm³/mol. The van der Waals surface area contributed by atoms with E-state index in [1.54, 1.807) is 25.3 Å². The summed E-state index contributed by atoms with van der Waals surface area (Å²) in [6.07, 6.45) is 1.70. The SMILES string of the molecule is Cc1cn(-c2ccc(F)cc2)nc1C(=O)N1C[C@@H](C)[C@H](C(=O)O)C1. The number of carbonyl (C=O) groups is 2. The van der Waals surface area contributed by atoms with E-state index in [1.165, 1.54) is 21.7 Å². The van der Waals surface area contributed by atoms with Crippen LogP contribution in [0.4, 0.5) is 4.39 Å². The summed E-state index contributed by atoms with van der Waals surface area (Å²) in [5, 5.41) is 13.5. The molecule has 0 aliphatic carbocycles. The lowest BCUT2D eigenvalue weighted by Gasteiger charge is -2.14. The van der Waals surface area contributed by atoms with Crippen LogP contribution in [0.5, 0.6) is 0 Å². The van der Waals surface area contributed by atoms with Crippen LogP contribution in [0.1, 0.15) is 23.0 Å². The highest BCUT2D eigenvalue weighted by Gasteiger charge is 2.38. The largest absolute Gasteiger partial charge is 0.481 e. The molecule has 1 aromatic heterocycles. The van der Waals surface area contributed by atoms with Gasteiger partial charge < -0.3 is 10.0 Å². The summed E-state index contributed by atoms with van der Waals surface area (Å²) in [5.41, 5.74) is 1.63. The van der Waals surface area contributed by atoms with Gasteiger partial charge in [0.25, 0.3) is 5.91 Å². The number of rotatable bonds is 3. The lowest BCUT2D eigenvalue weighted by atomic mass is 9.99. The van der Waals surface area contributed by atoms with Gasteiger partial charge in [0, 0.05) is 24.8 Å². The quantitative estimate of drug-likeness (QED) is 0.935. The highest BCUT2D eigenvalue weighted by atomic mass is 19.1. The van der Waals surface area contributed by atoms with Crippen LogP contribution in [0.25, 0.3) is 5.69 Å². The summed E-state index contributed by atoms with van der Waals surface area (Å²) in [7, 11) is 0. The molecule has 2 aromatic rings. The summed E-state index contributed by atoms with van der Waals surface area (Å²) in [5.74, 6) is -2.14. The van der Waals surface area contributed by atoms with E-state index in [-0.39, 0.29) is 29.9 Å². The van der Waals surface area contributed by atoms with Crippen LogP contribution < -0.4 is 0 Å². The molecule has 1 N–H and O–H groups in total. The van der Waals surface area contributed by atoms with Gasteiger partial charge in [-0.05, 0) is 37.1 Å². The first-order valence-electron chi connectivity index (χ1n) is 7.71.